The highest BCUT2D eigenvalue weighted by molar-refractivity contribution is 6.10. The number of nitrogens with zero attached hydrogens (tertiary/aromatic N) is 3. The van der Waals surface area contributed by atoms with Crippen LogP contribution in [0.25, 0.3) is 0 Å². The molecular weight excluding hydrogens is 272 g/mol. The van der Waals surface area contributed by atoms with Gasteiger partial charge in [-0.2, -0.15) is 5.10 Å². The maximum Gasteiger partial charge on any atom is 0.323 e. The Kier molecular flexibility index (Phi) is 3.93. The summed E-state index contributed by atoms with van der Waals surface area (Å²) in [6, 6.07) is 6.65. The fourth-order valence-electron chi connectivity index (χ4n) is 1.99. The lowest BCUT2D eigenvalue weighted by Gasteiger charge is -2.22. The summed E-state index contributed by atoms with van der Waals surface area (Å²) >= 11 is 0. The van der Waals surface area contributed by atoms with Crippen LogP contribution in [0.5, 0.6) is 0 Å². The molecule has 21 heavy (non-hydrogen) atoms. The molecule has 2 aromatic rings. The van der Waals surface area contributed by atoms with Gasteiger partial charge in [0.05, 0.1) is 23.1 Å². The van der Waals surface area contributed by atoms with E-state index in [0.717, 1.165) is 4.90 Å². The Morgan fingerprint density at radius 1 is 1.38 bits per heavy atom. The second-order valence-corrected chi connectivity index (χ2v) is 4.61. The maximum absolute atomic E-state index is 12.6. The van der Waals surface area contributed by atoms with Gasteiger partial charge >= 0.3 is 5.97 Å². The fraction of sp³-hybridized carbons (Fsp3) is 0.214. The van der Waals surface area contributed by atoms with E-state index in [0.29, 0.717) is 22.6 Å². The number of amides is 1. The first-order valence-electron chi connectivity index (χ1n) is 6.28. The number of nitrogens with two attached hydrogens (primary N) is 1. The molecule has 7 nitrogen and oxygen atoms in total. The zero-order chi connectivity index (χ0) is 15.6. The zero-order valence-corrected chi connectivity index (χ0v) is 11.8. The van der Waals surface area contributed by atoms with Crippen LogP contribution in [0.2, 0.25) is 0 Å². The molecule has 0 saturated heterocycles. The summed E-state index contributed by atoms with van der Waals surface area (Å²) in [4.78, 5) is 24.8. The van der Waals surface area contributed by atoms with Crippen LogP contribution in [0.3, 0.4) is 0 Å². The van der Waals surface area contributed by atoms with Crippen molar-refractivity contribution in [2.45, 2.75) is 6.92 Å². The first kappa shape index (κ1) is 14.6. The predicted molar refractivity (Wildman–Crippen MR) is 78.1 cm³/mol. The molecular formula is C14H16N4O3. The van der Waals surface area contributed by atoms with Gasteiger partial charge in [-0.3, -0.25) is 19.2 Å². The lowest BCUT2D eigenvalue weighted by atomic mass is 10.2. The number of aromatic nitrogens is 2. The molecule has 1 aromatic carbocycles. The molecule has 0 aliphatic carbocycles. The number of carboxylic acid groups (broad SMARTS) is 1. The molecule has 3 N–H and O–H groups in total. The molecule has 0 aliphatic heterocycles. The van der Waals surface area contributed by atoms with Gasteiger partial charge in [0, 0.05) is 12.7 Å². The molecule has 0 bridgehead atoms. The van der Waals surface area contributed by atoms with Crippen molar-refractivity contribution in [3.8, 4) is 0 Å². The quantitative estimate of drug-likeness (QED) is 0.819. The second-order valence-electron chi connectivity index (χ2n) is 4.61. The van der Waals surface area contributed by atoms with E-state index in [-0.39, 0.29) is 0 Å². The van der Waals surface area contributed by atoms with E-state index in [2.05, 4.69) is 5.10 Å². The average Bonchev–Trinajstić information content (AvgIpc) is 2.76. The zero-order valence-electron chi connectivity index (χ0n) is 11.8. The molecule has 1 amide bonds. The third-order valence-corrected chi connectivity index (χ3v) is 3.23. The van der Waals surface area contributed by atoms with Crippen molar-refractivity contribution < 1.29 is 14.7 Å². The number of carbonyl (C=O) groups excluding carboxylic acids is 1. The van der Waals surface area contributed by atoms with Crippen LogP contribution in [0.15, 0.2) is 30.5 Å². The number of hydrogen-bond donors (Lipinski definition) is 2. The molecule has 2 rings (SSSR count). The summed E-state index contributed by atoms with van der Waals surface area (Å²) < 4.78 is 1.56. The molecule has 7 heteroatoms. The van der Waals surface area contributed by atoms with Gasteiger partial charge in [-0.1, -0.05) is 12.1 Å². The number of benzene rings is 1. The highest BCUT2D eigenvalue weighted by atomic mass is 16.4. The maximum atomic E-state index is 12.6. The molecule has 1 heterocycles. The van der Waals surface area contributed by atoms with E-state index in [1.54, 1.807) is 42.9 Å². The lowest BCUT2D eigenvalue weighted by molar-refractivity contribution is -0.135. The smallest absolute Gasteiger partial charge is 0.323 e. The van der Waals surface area contributed by atoms with Crippen molar-refractivity contribution in [2.75, 3.05) is 17.2 Å². The van der Waals surface area contributed by atoms with E-state index >= 15 is 0 Å². The van der Waals surface area contributed by atoms with Gasteiger partial charge in [-0.15, -0.1) is 0 Å². The number of carbonyl (C=O) groups is 2. The Bertz CT molecular complexity index is 693. The normalized spacial score (nSPS) is 10.4. The summed E-state index contributed by atoms with van der Waals surface area (Å²) in [5, 5.41) is 13.1. The number of rotatable bonds is 4. The van der Waals surface area contributed by atoms with Gasteiger partial charge in [0.15, 0.2) is 0 Å². The van der Waals surface area contributed by atoms with E-state index in [1.807, 2.05) is 0 Å². The summed E-state index contributed by atoms with van der Waals surface area (Å²) in [6.07, 6.45) is 1.42. The summed E-state index contributed by atoms with van der Waals surface area (Å²) in [6.45, 7) is 1.27. The number of hydrogen-bond acceptors (Lipinski definition) is 4. The second kappa shape index (κ2) is 5.66. The van der Waals surface area contributed by atoms with Crippen LogP contribution in [0.1, 0.15) is 16.1 Å². The Labute approximate surface area is 121 Å². The summed E-state index contributed by atoms with van der Waals surface area (Å²) in [5.74, 6) is -1.56. The van der Waals surface area contributed by atoms with Crippen molar-refractivity contribution in [1.29, 1.82) is 0 Å². The minimum atomic E-state index is -1.12. The Hall–Kier alpha value is -2.83. The standard InChI is InChI=1S/C14H16N4O3/c1-9-10(7-16-17(9)2)14(21)18(8-13(19)20)12-6-4-3-5-11(12)15/h3-7H,8,15H2,1-2H3,(H,19,20). The molecule has 0 unspecified atom stereocenters. The van der Waals surface area contributed by atoms with Crippen LogP contribution in [-0.2, 0) is 11.8 Å². The molecule has 0 radical (unpaired) electrons. The highest BCUT2D eigenvalue weighted by Gasteiger charge is 2.24. The van der Waals surface area contributed by atoms with Gasteiger partial charge in [0.25, 0.3) is 5.91 Å². The van der Waals surface area contributed by atoms with E-state index in [4.69, 9.17) is 10.8 Å². The van der Waals surface area contributed by atoms with Crippen LogP contribution in [0.4, 0.5) is 11.4 Å². The highest BCUT2D eigenvalue weighted by Crippen LogP contribution is 2.24. The minimum absolute atomic E-state index is 0.341. The van der Waals surface area contributed by atoms with Crippen molar-refractivity contribution in [2.24, 2.45) is 7.05 Å². The Morgan fingerprint density at radius 3 is 2.57 bits per heavy atom. The topological polar surface area (TPSA) is 101 Å². The van der Waals surface area contributed by atoms with E-state index in [1.165, 1.54) is 6.20 Å². The number of nitrogen functional groups attached to an aromatic ring is 1. The van der Waals surface area contributed by atoms with Crippen molar-refractivity contribution in [3.05, 3.63) is 41.7 Å². The van der Waals surface area contributed by atoms with Crippen molar-refractivity contribution in [3.63, 3.8) is 0 Å². The van der Waals surface area contributed by atoms with Crippen molar-refractivity contribution in [1.82, 2.24) is 9.78 Å². The van der Waals surface area contributed by atoms with Crippen LogP contribution in [-0.4, -0.2) is 33.3 Å². The summed E-state index contributed by atoms with van der Waals surface area (Å²) in [7, 11) is 1.71. The first-order chi connectivity index (χ1) is 9.91. The first-order valence-corrected chi connectivity index (χ1v) is 6.28. The van der Waals surface area contributed by atoms with Crippen LogP contribution in [0, 0.1) is 6.92 Å². The molecule has 0 saturated carbocycles. The lowest BCUT2D eigenvalue weighted by Crippen LogP contribution is -2.36. The number of para-hydroxylation sites is 2. The predicted octanol–water partition coefficient (Wildman–Crippen LogP) is 1.04. The van der Waals surface area contributed by atoms with E-state index < -0.39 is 18.4 Å². The van der Waals surface area contributed by atoms with Crippen LogP contribution < -0.4 is 10.6 Å². The number of aliphatic carboxylic acids is 1. The minimum Gasteiger partial charge on any atom is -0.480 e. The van der Waals surface area contributed by atoms with E-state index in [9.17, 15) is 9.59 Å². The third-order valence-electron chi connectivity index (χ3n) is 3.23. The molecule has 0 atom stereocenters. The monoisotopic (exact) mass is 288 g/mol. The van der Waals surface area contributed by atoms with Crippen molar-refractivity contribution >= 4 is 23.3 Å². The van der Waals surface area contributed by atoms with Crippen LogP contribution >= 0.6 is 0 Å². The molecule has 110 valence electrons. The number of aryl methyl sites for hydroxylation is 1. The van der Waals surface area contributed by atoms with Gasteiger partial charge in [-0.05, 0) is 19.1 Å². The SMILES string of the molecule is Cc1c(C(=O)N(CC(=O)O)c2ccccc2N)cnn1C. The Morgan fingerprint density at radius 2 is 2.05 bits per heavy atom. The van der Waals surface area contributed by atoms with Gasteiger partial charge in [0.2, 0.25) is 0 Å². The van der Waals surface area contributed by atoms with Gasteiger partial charge in [-0.25, -0.2) is 0 Å². The molecule has 0 fully saturated rings. The molecule has 1 aromatic heterocycles. The fourth-order valence-corrected chi connectivity index (χ4v) is 1.99. The van der Waals surface area contributed by atoms with Gasteiger partial charge < -0.3 is 10.8 Å². The summed E-state index contributed by atoms with van der Waals surface area (Å²) in [5.41, 5.74) is 7.57. The number of anilines is 2. The Balaban J connectivity index is 2.46. The number of carboxylic acids is 1. The molecule has 0 aliphatic rings. The largest absolute Gasteiger partial charge is 0.480 e. The van der Waals surface area contributed by atoms with Gasteiger partial charge in [0.1, 0.15) is 6.54 Å². The molecule has 0 spiro atoms. The third kappa shape index (κ3) is 2.86. The average molecular weight is 288 g/mol.